The van der Waals surface area contributed by atoms with Gasteiger partial charge in [0.1, 0.15) is 0 Å². The molecule has 0 aliphatic heterocycles. The van der Waals surface area contributed by atoms with Crippen LogP contribution in [0.3, 0.4) is 0 Å². The molecule has 0 spiro atoms. The van der Waals surface area contributed by atoms with Crippen molar-refractivity contribution in [3.05, 3.63) is 0 Å². The summed E-state index contributed by atoms with van der Waals surface area (Å²) in [7, 11) is 0. The average Bonchev–Trinajstić information content (AvgIpc) is 2.29. The Balaban J connectivity index is 3.08. The number of carbonyl (C=O) groups is 2. The van der Waals surface area contributed by atoms with Gasteiger partial charge in [-0.05, 0) is 50.4 Å². The second-order valence-electron chi connectivity index (χ2n) is 5.96. The quantitative estimate of drug-likeness (QED) is 0.616. The fourth-order valence-corrected chi connectivity index (χ4v) is 3.62. The van der Waals surface area contributed by atoms with E-state index in [1.807, 2.05) is 0 Å². The first-order valence-electron chi connectivity index (χ1n) is 7.29. The van der Waals surface area contributed by atoms with Crippen LogP contribution in [0.15, 0.2) is 0 Å². The standard InChI is InChI=1S/C15H26O4/c1-5-15(13(16)17,14(18)19-6-2)12-8-10(3)7-11(4)9-12/h10-12H,5-9H2,1-4H3,(H,16,17). The Kier molecular flexibility index (Phi) is 5.39. The minimum absolute atomic E-state index is 0.118. The third-order valence-electron chi connectivity index (χ3n) is 4.45. The normalized spacial score (nSPS) is 30.4. The van der Waals surface area contributed by atoms with Crippen molar-refractivity contribution < 1.29 is 19.4 Å². The highest BCUT2D eigenvalue weighted by Crippen LogP contribution is 2.46. The molecule has 0 amide bonds. The zero-order valence-electron chi connectivity index (χ0n) is 12.4. The summed E-state index contributed by atoms with van der Waals surface area (Å²) in [4.78, 5) is 24.0. The van der Waals surface area contributed by atoms with E-state index >= 15 is 0 Å². The van der Waals surface area contributed by atoms with Crippen molar-refractivity contribution in [1.29, 1.82) is 0 Å². The van der Waals surface area contributed by atoms with Crippen molar-refractivity contribution in [2.75, 3.05) is 6.61 Å². The molecule has 0 aromatic heterocycles. The molecule has 0 aromatic rings. The van der Waals surface area contributed by atoms with Gasteiger partial charge in [0, 0.05) is 0 Å². The first-order chi connectivity index (χ1) is 8.88. The topological polar surface area (TPSA) is 63.6 Å². The van der Waals surface area contributed by atoms with E-state index in [2.05, 4.69) is 13.8 Å². The molecule has 1 saturated carbocycles. The lowest BCUT2D eigenvalue weighted by Crippen LogP contribution is -2.48. The maximum Gasteiger partial charge on any atom is 0.323 e. The number of hydrogen-bond donors (Lipinski definition) is 1. The summed E-state index contributed by atoms with van der Waals surface area (Å²) in [5.41, 5.74) is -1.36. The molecule has 1 aliphatic rings. The van der Waals surface area contributed by atoms with Crippen molar-refractivity contribution >= 4 is 11.9 Å². The molecule has 0 radical (unpaired) electrons. The molecule has 1 N–H and O–H groups in total. The fourth-order valence-electron chi connectivity index (χ4n) is 3.62. The van der Waals surface area contributed by atoms with E-state index < -0.39 is 17.4 Å². The van der Waals surface area contributed by atoms with Gasteiger partial charge < -0.3 is 9.84 Å². The van der Waals surface area contributed by atoms with Gasteiger partial charge in [-0.3, -0.25) is 9.59 Å². The van der Waals surface area contributed by atoms with Crippen molar-refractivity contribution in [1.82, 2.24) is 0 Å². The molecule has 3 atom stereocenters. The number of carboxylic acid groups (broad SMARTS) is 1. The van der Waals surface area contributed by atoms with Crippen LogP contribution in [-0.2, 0) is 14.3 Å². The van der Waals surface area contributed by atoms with Crippen LogP contribution in [0.1, 0.15) is 53.4 Å². The van der Waals surface area contributed by atoms with Crippen LogP contribution in [0.5, 0.6) is 0 Å². The maximum atomic E-state index is 12.2. The van der Waals surface area contributed by atoms with Gasteiger partial charge in [-0.2, -0.15) is 0 Å². The molecule has 0 aromatic carbocycles. The van der Waals surface area contributed by atoms with Gasteiger partial charge in [-0.25, -0.2) is 0 Å². The van der Waals surface area contributed by atoms with E-state index in [1.165, 1.54) is 0 Å². The van der Waals surface area contributed by atoms with Gasteiger partial charge in [-0.15, -0.1) is 0 Å². The summed E-state index contributed by atoms with van der Waals surface area (Å²) in [6.45, 7) is 7.99. The van der Waals surface area contributed by atoms with Crippen LogP contribution in [0.25, 0.3) is 0 Å². The molecule has 0 bridgehead atoms. The first-order valence-corrected chi connectivity index (χ1v) is 7.29. The molecule has 19 heavy (non-hydrogen) atoms. The van der Waals surface area contributed by atoms with Gasteiger partial charge in [0.2, 0.25) is 0 Å². The highest BCUT2D eigenvalue weighted by Gasteiger charge is 2.53. The van der Waals surface area contributed by atoms with Gasteiger partial charge in [0.05, 0.1) is 6.61 Å². The molecule has 0 heterocycles. The SMILES string of the molecule is CCOC(=O)C(CC)(C(=O)O)C1CC(C)CC(C)C1. The van der Waals surface area contributed by atoms with E-state index in [4.69, 9.17) is 4.74 Å². The maximum absolute atomic E-state index is 12.2. The molecule has 4 nitrogen and oxygen atoms in total. The molecule has 1 fully saturated rings. The lowest BCUT2D eigenvalue weighted by molar-refractivity contribution is -0.175. The van der Waals surface area contributed by atoms with E-state index in [0.717, 1.165) is 19.3 Å². The second kappa shape index (κ2) is 6.40. The van der Waals surface area contributed by atoms with Crippen LogP contribution < -0.4 is 0 Å². The minimum atomic E-state index is -1.36. The van der Waals surface area contributed by atoms with Gasteiger partial charge in [0.15, 0.2) is 5.41 Å². The Morgan fingerprint density at radius 3 is 2.05 bits per heavy atom. The monoisotopic (exact) mass is 270 g/mol. The molecule has 110 valence electrons. The zero-order valence-corrected chi connectivity index (χ0v) is 12.4. The van der Waals surface area contributed by atoms with Crippen molar-refractivity contribution in [3.63, 3.8) is 0 Å². The van der Waals surface area contributed by atoms with E-state index in [0.29, 0.717) is 18.3 Å². The first kappa shape index (κ1) is 16.0. The smallest absolute Gasteiger partial charge is 0.323 e. The number of carbonyl (C=O) groups excluding carboxylic acids is 1. The molecule has 1 rings (SSSR count). The number of ether oxygens (including phenoxy) is 1. The van der Waals surface area contributed by atoms with E-state index in [9.17, 15) is 14.7 Å². The van der Waals surface area contributed by atoms with Crippen molar-refractivity contribution in [2.24, 2.45) is 23.2 Å². The van der Waals surface area contributed by atoms with Crippen LogP contribution in [0, 0.1) is 23.2 Å². The number of aliphatic carboxylic acids is 1. The number of carboxylic acids is 1. The Bertz CT molecular complexity index is 329. The fraction of sp³-hybridized carbons (Fsp3) is 0.867. The highest BCUT2D eigenvalue weighted by molar-refractivity contribution is 5.99. The van der Waals surface area contributed by atoms with Crippen LogP contribution in [-0.4, -0.2) is 23.7 Å². The predicted molar refractivity (Wildman–Crippen MR) is 72.7 cm³/mol. The van der Waals surface area contributed by atoms with Gasteiger partial charge >= 0.3 is 11.9 Å². The Morgan fingerprint density at radius 1 is 1.16 bits per heavy atom. The lowest BCUT2D eigenvalue weighted by atomic mass is 9.63. The molecule has 4 heteroatoms. The van der Waals surface area contributed by atoms with Crippen LogP contribution in [0.4, 0.5) is 0 Å². The minimum Gasteiger partial charge on any atom is -0.480 e. The largest absolute Gasteiger partial charge is 0.480 e. The Labute approximate surface area is 115 Å². The summed E-state index contributed by atoms with van der Waals surface area (Å²) in [6, 6.07) is 0. The number of esters is 1. The van der Waals surface area contributed by atoms with Crippen molar-refractivity contribution in [3.8, 4) is 0 Å². The molecule has 0 saturated heterocycles. The molecular weight excluding hydrogens is 244 g/mol. The van der Waals surface area contributed by atoms with Crippen LogP contribution in [0.2, 0.25) is 0 Å². The Morgan fingerprint density at radius 2 is 1.68 bits per heavy atom. The van der Waals surface area contributed by atoms with E-state index in [1.54, 1.807) is 13.8 Å². The van der Waals surface area contributed by atoms with Crippen LogP contribution >= 0.6 is 0 Å². The predicted octanol–water partition coefficient (Wildman–Crippen LogP) is 3.10. The van der Waals surface area contributed by atoms with Crippen molar-refractivity contribution in [2.45, 2.75) is 53.4 Å². The van der Waals surface area contributed by atoms with E-state index in [-0.39, 0.29) is 12.5 Å². The molecule has 1 aliphatic carbocycles. The summed E-state index contributed by atoms with van der Waals surface area (Å²) in [5.74, 6) is -0.772. The average molecular weight is 270 g/mol. The number of rotatable bonds is 5. The van der Waals surface area contributed by atoms with Gasteiger partial charge in [0.25, 0.3) is 0 Å². The molecule has 3 unspecified atom stereocenters. The lowest BCUT2D eigenvalue weighted by Gasteiger charge is -2.40. The molecular formula is C15H26O4. The summed E-state index contributed by atoms with van der Waals surface area (Å²) in [5, 5.41) is 9.64. The summed E-state index contributed by atoms with van der Waals surface area (Å²) >= 11 is 0. The van der Waals surface area contributed by atoms with Gasteiger partial charge in [-0.1, -0.05) is 20.8 Å². The third-order valence-corrected chi connectivity index (χ3v) is 4.45. The third kappa shape index (κ3) is 3.10. The Hall–Kier alpha value is -1.06. The highest BCUT2D eigenvalue weighted by atomic mass is 16.5. The number of hydrogen-bond acceptors (Lipinski definition) is 3. The summed E-state index contributed by atoms with van der Waals surface area (Å²) in [6.07, 6.45) is 3.00. The zero-order chi connectivity index (χ0) is 14.6. The second-order valence-corrected chi connectivity index (χ2v) is 5.96. The summed E-state index contributed by atoms with van der Waals surface area (Å²) < 4.78 is 5.06.